The molecule has 0 aromatic carbocycles. The van der Waals surface area contributed by atoms with Gasteiger partial charge in [0.2, 0.25) is 0 Å². The molecule has 1 saturated heterocycles. The van der Waals surface area contributed by atoms with Gasteiger partial charge in [-0.15, -0.1) is 0 Å². The van der Waals surface area contributed by atoms with Gasteiger partial charge in [0, 0.05) is 37.8 Å². The van der Waals surface area contributed by atoms with Crippen molar-refractivity contribution in [1.82, 2.24) is 15.1 Å². The zero-order valence-electron chi connectivity index (χ0n) is 12.8. The predicted octanol–water partition coefficient (Wildman–Crippen LogP) is 1.65. The molecule has 0 aliphatic carbocycles. The molecule has 0 amide bonds. The molecule has 1 aliphatic rings. The van der Waals surface area contributed by atoms with Crippen LogP contribution in [-0.4, -0.2) is 61.7 Å². The summed E-state index contributed by atoms with van der Waals surface area (Å²) in [5.41, 5.74) is 0.502. The van der Waals surface area contributed by atoms with Crippen LogP contribution in [0, 0.1) is 5.41 Å². The van der Waals surface area contributed by atoms with Crippen molar-refractivity contribution in [3.8, 4) is 0 Å². The maximum absolute atomic E-state index is 3.44. The van der Waals surface area contributed by atoms with Gasteiger partial charge in [-0.3, -0.25) is 4.90 Å². The number of hydrogen-bond acceptors (Lipinski definition) is 3. The number of likely N-dealkylation sites (N-methyl/N-ethyl adjacent to an activating group) is 1. The van der Waals surface area contributed by atoms with Gasteiger partial charge in [-0.2, -0.15) is 0 Å². The lowest BCUT2D eigenvalue weighted by Gasteiger charge is -2.53. The van der Waals surface area contributed by atoms with Crippen LogP contribution < -0.4 is 5.32 Å². The highest BCUT2D eigenvalue weighted by atomic mass is 15.3. The number of rotatable bonds is 3. The van der Waals surface area contributed by atoms with Crippen LogP contribution in [0.5, 0.6) is 0 Å². The highest BCUT2D eigenvalue weighted by molar-refractivity contribution is 5.00. The summed E-state index contributed by atoms with van der Waals surface area (Å²) in [5, 5.41) is 3.44. The van der Waals surface area contributed by atoms with Crippen molar-refractivity contribution in [3.63, 3.8) is 0 Å². The first-order valence-electron chi connectivity index (χ1n) is 6.79. The first-order chi connectivity index (χ1) is 7.67. The van der Waals surface area contributed by atoms with E-state index in [1.165, 1.54) is 0 Å². The van der Waals surface area contributed by atoms with Gasteiger partial charge in [0.25, 0.3) is 0 Å². The summed E-state index contributed by atoms with van der Waals surface area (Å²) in [4.78, 5) is 5.03. The molecule has 1 heterocycles. The van der Waals surface area contributed by atoms with E-state index in [0.717, 1.165) is 26.2 Å². The Morgan fingerprint density at radius 1 is 1.00 bits per heavy atom. The smallest absolute Gasteiger partial charge is 0.0317 e. The lowest BCUT2D eigenvalue weighted by Crippen LogP contribution is -2.65. The van der Waals surface area contributed by atoms with E-state index in [2.05, 4.69) is 63.8 Å². The fourth-order valence-electron chi connectivity index (χ4n) is 3.88. The maximum Gasteiger partial charge on any atom is 0.0317 e. The summed E-state index contributed by atoms with van der Waals surface area (Å²) in [6.07, 6.45) is 0. The van der Waals surface area contributed by atoms with Crippen LogP contribution in [0.1, 0.15) is 34.6 Å². The molecular weight excluding hydrogens is 210 g/mol. The van der Waals surface area contributed by atoms with E-state index in [9.17, 15) is 0 Å². The zero-order chi connectivity index (χ0) is 13.3. The lowest BCUT2D eigenvalue weighted by atomic mass is 9.74. The van der Waals surface area contributed by atoms with Crippen LogP contribution in [0.15, 0.2) is 0 Å². The van der Waals surface area contributed by atoms with Crippen molar-refractivity contribution in [2.45, 2.75) is 46.2 Å². The fraction of sp³-hybridized carbons (Fsp3) is 1.00. The van der Waals surface area contributed by atoms with Crippen LogP contribution in [0.3, 0.4) is 0 Å². The quantitative estimate of drug-likeness (QED) is 0.810. The maximum atomic E-state index is 3.44. The topological polar surface area (TPSA) is 18.5 Å². The SMILES string of the molecule is CN(C)C(C(C)(C)C)C(C)(C)N1CCNCC1. The summed E-state index contributed by atoms with van der Waals surface area (Å²) in [7, 11) is 4.42. The van der Waals surface area contributed by atoms with E-state index in [4.69, 9.17) is 0 Å². The molecule has 102 valence electrons. The van der Waals surface area contributed by atoms with Crippen LogP contribution in [-0.2, 0) is 0 Å². The molecule has 0 saturated carbocycles. The minimum absolute atomic E-state index is 0.212. The van der Waals surface area contributed by atoms with Crippen molar-refractivity contribution in [1.29, 1.82) is 0 Å². The molecule has 1 fully saturated rings. The van der Waals surface area contributed by atoms with E-state index in [-0.39, 0.29) is 11.0 Å². The van der Waals surface area contributed by atoms with Gasteiger partial charge >= 0.3 is 0 Å². The Morgan fingerprint density at radius 2 is 1.47 bits per heavy atom. The average Bonchev–Trinajstić information content (AvgIpc) is 2.15. The molecule has 1 atom stereocenters. The zero-order valence-corrected chi connectivity index (χ0v) is 12.8. The van der Waals surface area contributed by atoms with Gasteiger partial charge in [-0.05, 0) is 33.4 Å². The van der Waals surface area contributed by atoms with Gasteiger partial charge in [0.05, 0.1) is 0 Å². The number of hydrogen-bond donors (Lipinski definition) is 1. The second-order valence-corrected chi connectivity index (χ2v) is 7.12. The van der Waals surface area contributed by atoms with Gasteiger partial charge in [-0.25, -0.2) is 0 Å². The van der Waals surface area contributed by atoms with E-state index in [1.54, 1.807) is 0 Å². The first kappa shape index (κ1) is 14.9. The molecular formula is C14H31N3. The monoisotopic (exact) mass is 241 g/mol. The molecule has 1 N–H and O–H groups in total. The molecule has 0 aromatic heterocycles. The normalized spacial score (nSPS) is 21.9. The van der Waals surface area contributed by atoms with Crippen LogP contribution in [0.2, 0.25) is 0 Å². The Morgan fingerprint density at radius 3 is 1.82 bits per heavy atom. The number of nitrogens with zero attached hydrogens (tertiary/aromatic N) is 2. The van der Waals surface area contributed by atoms with Gasteiger partial charge < -0.3 is 10.2 Å². The molecule has 0 aromatic rings. The van der Waals surface area contributed by atoms with Crippen LogP contribution in [0.25, 0.3) is 0 Å². The summed E-state index contributed by atoms with van der Waals surface area (Å²) in [6, 6.07) is 0.549. The summed E-state index contributed by atoms with van der Waals surface area (Å²) in [5.74, 6) is 0. The third-order valence-corrected chi connectivity index (χ3v) is 3.94. The van der Waals surface area contributed by atoms with Crippen molar-refractivity contribution in [3.05, 3.63) is 0 Å². The second-order valence-electron chi connectivity index (χ2n) is 7.12. The minimum Gasteiger partial charge on any atom is -0.314 e. The fourth-order valence-corrected chi connectivity index (χ4v) is 3.88. The largest absolute Gasteiger partial charge is 0.314 e. The molecule has 3 nitrogen and oxygen atoms in total. The van der Waals surface area contributed by atoms with Crippen molar-refractivity contribution in [2.24, 2.45) is 5.41 Å². The van der Waals surface area contributed by atoms with Crippen molar-refractivity contribution < 1.29 is 0 Å². The molecule has 1 rings (SSSR count). The Labute approximate surface area is 108 Å². The highest BCUT2D eigenvalue weighted by Crippen LogP contribution is 2.35. The molecule has 1 unspecified atom stereocenters. The average molecular weight is 241 g/mol. The number of piperazine rings is 1. The second kappa shape index (κ2) is 5.25. The van der Waals surface area contributed by atoms with Crippen LogP contribution in [0.4, 0.5) is 0 Å². The van der Waals surface area contributed by atoms with Crippen molar-refractivity contribution in [2.75, 3.05) is 40.3 Å². The third kappa shape index (κ3) is 3.43. The summed E-state index contributed by atoms with van der Waals surface area (Å²) < 4.78 is 0. The van der Waals surface area contributed by atoms with E-state index >= 15 is 0 Å². The molecule has 17 heavy (non-hydrogen) atoms. The van der Waals surface area contributed by atoms with E-state index in [0.29, 0.717) is 6.04 Å². The molecule has 3 heteroatoms. The molecule has 1 aliphatic heterocycles. The molecule has 0 radical (unpaired) electrons. The van der Waals surface area contributed by atoms with E-state index < -0.39 is 0 Å². The van der Waals surface area contributed by atoms with Crippen LogP contribution >= 0.6 is 0 Å². The number of nitrogens with one attached hydrogen (secondary N) is 1. The Hall–Kier alpha value is -0.120. The standard InChI is InChI=1S/C14H31N3/c1-13(2,3)12(16(6)7)14(4,5)17-10-8-15-9-11-17/h12,15H,8-11H2,1-7H3. The summed E-state index contributed by atoms with van der Waals surface area (Å²) >= 11 is 0. The van der Waals surface area contributed by atoms with Gasteiger partial charge in [0.1, 0.15) is 0 Å². The van der Waals surface area contributed by atoms with Gasteiger partial charge in [0.15, 0.2) is 0 Å². The Kier molecular flexibility index (Phi) is 4.61. The van der Waals surface area contributed by atoms with Crippen molar-refractivity contribution >= 4 is 0 Å². The Balaban J connectivity index is 2.90. The van der Waals surface area contributed by atoms with Gasteiger partial charge in [-0.1, -0.05) is 20.8 Å². The van der Waals surface area contributed by atoms with E-state index in [1.807, 2.05) is 0 Å². The lowest BCUT2D eigenvalue weighted by molar-refractivity contribution is -0.0191. The molecule has 0 bridgehead atoms. The summed E-state index contributed by atoms with van der Waals surface area (Å²) in [6.45, 7) is 16.4. The third-order valence-electron chi connectivity index (χ3n) is 3.94. The molecule has 0 spiro atoms. The highest BCUT2D eigenvalue weighted by Gasteiger charge is 2.43. The Bertz CT molecular complexity index is 234. The first-order valence-corrected chi connectivity index (χ1v) is 6.79. The minimum atomic E-state index is 0.212. The predicted molar refractivity (Wildman–Crippen MR) is 75.5 cm³/mol.